The molecule has 0 aliphatic rings. The molecule has 0 amide bonds. The maximum Gasteiger partial charge on any atom is 0.480 e. The minimum atomic E-state index is -2.59. The Balaban J connectivity index is 5.76. The van der Waals surface area contributed by atoms with Crippen LogP contribution in [0.25, 0.3) is 0 Å². The van der Waals surface area contributed by atoms with E-state index >= 15 is 0 Å². The summed E-state index contributed by atoms with van der Waals surface area (Å²) in [5, 5.41) is 0. The second kappa shape index (κ2) is 12.6. The summed E-state index contributed by atoms with van der Waals surface area (Å²) in [7, 11) is -6.09. The lowest BCUT2D eigenvalue weighted by atomic mass is 10.6. The molecule has 7 heteroatoms. The largest absolute Gasteiger partial charge is 0.480 e. The number of halogens is 1. The van der Waals surface area contributed by atoms with E-state index in [0.29, 0.717) is 6.61 Å². The molecule has 3 nitrogen and oxygen atoms in total. The summed E-state index contributed by atoms with van der Waals surface area (Å²) >= 11 is 2.46. The minimum Gasteiger partial charge on any atom is -0.416 e. The Bertz CT molecular complexity index is 286. The van der Waals surface area contributed by atoms with E-state index in [0.717, 1.165) is 53.2 Å². The summed E-state index contributed by atoms with van der Waals surface area (Å²) in [4.78, 5) is 0. The molecule has 0 N–H and O–H groups in total. The molecule has 0 aromatic rings. The van der Waals surface area contributed by atoms with Gasteiger partial charge in [-0.25, -0.2) is 0 Å². The van der Waals surface area contributed by atoms with Gasteiger partial charge in [0.2, 0.25) is 0 Å². The predicted octanol–water partition coefficient (Wildman–Crippen LogP) is 6.83. The second-order valence-electron chi connectivity index (χ2n) is 6.60. The molecule has 0 fully saturated rings. The van der Waals surface area contributed by atoms with Gasteiger partial charge in [-0.3, -0.25) is 0 Å². The van der Waals surface area contributed by atoms with Crippen LogP contribution in [-0.2, 0) is 12.7 Å². The highest BCUT2D eigenvalue weighted by atomic mass is 127. The molecule has 146 valence electrons. The third-order valence-electron chi connectivity index (χ3n) is 5.59. The molecular formula is C17H41IO3Si3. The van der Waals surface area contributed by atoms with Gasteiger partial charge in [0.25, 0.3) is 0 Å². The van der Waals surface area contributed by atoms with E-state index in [2.05, 4.69) is 71.1 Å². The zero-order chi connectivity index (χ0) is 18.7. The number of rotatable bonds is 15. The lowest BCUT2D eigenvalue weighted by Crippen LogP contribution is -2.60. The third kappa shape index (κ3) is 7.11. The first kappa shape index (κ1) is 25.3. The Hall–Kier alpha value is 1.26. The summed E-state index contributed by atoms with van der Waals surface area (Å²) in [6.07, 6.45) is 1.13. The van der Waals surface area contributed by atoms with Crippen LogP contribution in [0, 0.1) is 0 Å². The van der Waals surface area contributed by atoms with Crippen LogP contribution >= 0.6 is 22.6 Å². The zero-order valence-electron chi connectivity index (χ0n) is 17.2. The van der Waals surface area contributed by atoms with E-state index in [4.69, 9.17) is 12.7 Å². The summed E-state index contributed by atoms with van der Waals surface area (Å²) < 4.78 is 21.6. The minimum absolute atomic E-state index is 0.705. The number of alkyl halides is 1. The van der Waals surface area contributed by atoms with Crippen molar-refractivity contribution in [3.63, 3.8) is 0 Å². The summed E-state index contributed by atoms with van der Waals surface area (Å²) in [6.45, 7) is 16.6. The van der Waals surface area contributed by atoms with Gasteiger partial charge in [-0.1, -0.05) is 64.1 Å². The first-order valence-corrected chi connectivity index (χ1v) is 18.5. The fourth-order valence-corrected chi connectivity index (χ4v) is 19.2. The molecule has 0 aromatic heterocycles. The quantitative estimate of drug-likeness (QED) is 0.139. The standard InChI is InChI=1S/C17H41IO3Si3/c1-8-19-24(17-15-16-18,20-22(9-2,10-3)11-4)21-23(12-5,13-6)14-7/h8-17H2,1-7H3. The van der Waals surface area contributed by atoms with Gasteiger partial charge in [0.05, 0.1) is 0 Å². The van der Waals surface area contributed by atoms with Crippen LogP contribution in [-0.4, -0.2) is 36.5 Å². The Morgan fingerprint density at radius 2 is 1.04 bits per heavy atom. The molecule has 24 heavy (non-hydrogen) atoms. The molecule has 0 spiro atoms. The van der Waals surface area contributed by atoms with Gasteiger partial charge in [-0.05, 0) is 54.0 Å². The van der Waals surface area contributed by atoms with Crippen molar-refractivity contribution in [2.75, 3.05) is 11.0 Å². The van der Waals surface area contributed by atoms with Crippen molar-refractivity contribution in [3.05, 3.63) is 0 Å². The van der Waals surface area contributed by atoms with E-state index in [1.807, 2.05) is 0 Å². The van der Waals surface area contributed by atoms with Gasteiger partial charge in [-0.2, -0.15) is 0 Å². The molecule has 0 radical (unpaired) electrons. The van der Waals surface area contributed by atoms with Crippen molar-refractivity contribution in [2.45, 2.75) is 97.2 Å². The molecule has 0 aliphatic carbocycles. The van der Waals surface area contributed by atoms with E-state index in [9.17, 15) is 0 Å². The lowest BCUT2D eigenvalue weighted by molar-refractivity contribution is 0.164. The maximum absolute atomic E-state index is 7.04. The molecule has 0 bridgehead atoms. The monoisotopic (exact) mass is 504 g/mol. The average molecular weight is 505 g/mol. The fourth-order valence-electron chi connectivity index (χ4n) is 3.35. The smallest absolute Gasteiger partial charge is 0.416 e. The van der Waals surface area contributed by atoms with Gasteiger partial charge in [-0.15, -0.1) is 0 Å². The number of hydrogen-bond acceptors (Lipinski definition) is 3. The first-order chi connectivity index (χ1) is 11.4. The highest BCUT2D eigenvalue weighted by Crippen LogP contribution is 2.35. The zero-order valence-corrected chi connectivity index (χ0v) is 22.3. The van der Waals surface area contributed by atoms with Crippen molar-refractivity contribution in [2.24, 2.45) is 0 Å². The highest BCUT2D eigenvalue weighted by molar-refractivity contribution is 14.1. The van der Waals surface area contributed by atoms with E-state index in [1.54, 1.807) is 0 Å². The van der Waals surface area contributed by atoms with Crippen LogP contribution in [0.4, 0.5) is 0 Å². The summed E-state index contributed by atoms with van der Waals surface area (Å²) in [5.41, 5.74) is 0. The first-order valence-electron chi connectivity index (χ1n) is 10.0. The molecule has 0 saturated heterocycles. The van der Waals surface area contributed by atoms with E-state index in [-0.39, 0.29) is 0 Å². The second-order valence-corrected chi connectivity index (χ2v) is 20.4. The topological polar surface area (TPSA) is 27.7 Å². The Morgan fingerprint density at radius 3 is 1.29 bits per heavy atom. The van der Waals surface area contributed by atoms with Gasteiger partial charge < -0.3 is 12.7 Å². The van der Waals surface area contributed by atoms with Crippen molar-refractivity contribution < 1.29 is 12.7 Å². The van der Waals surface area contributed by atoms with Crippen LogP contribution < -0.4 is 0 Å². The molecule has 0 heterocycles. The molecule has 0 rings (SSSR count). The molecule has 0 aliphatic heterocycles. The van der Waals surface area contributed by atoms with Gasteiger partial charge >= 0.3 is 8.80 Å². The Morgan fingerprint density at radius 1 is 0.667 bits per heavy atom. The molecule has 0 saturated carbocycles. The van der Waals surface area contributed by atoms with Crippen molar-refractivity contribution >= 4 is 48.0 Å². The van der Waals surface area contributed by atoms with Crippen LogP contribution in [0.3, 0.4) is 0 Å². The summed E-state index contributed by atoms with van der Waals surface area (Å²) in [5.74, 6) is 0. The Labute approximate surface area is 168 Å². The SMILES string of the molecule is CCO[Si](CCCI)(O[Si](CC)(CC)CC)O[Si](CC)(CC)CC. The van der Waals surface area contributed by atoms with Gasteiger partial charge in [0.1, 0.15) is 0 Å². The molecule has 0 atom stereocenters. The lowest BCUT2D eigenvalue weighted by Gasteiger charge is -2.44. The van der Waals surface area contributed by atoms with Crippen LogP contribution in [0.5, 0.6) is 0 Å². The van der Waals surface area contributed by atoms with Crippen LogP contribution in [0.1, 0.15) is 54.9 Å². The fraction of sp³-hybridized carbons (Fsp3) is 1.00. The molecule has 0 unspecified atom stereocenters. The third-order valence-corrected chi connectivity index (χ3v) is 21.7. The van der Waals surface area contributed by atoms with Crippen molar-refractivity contribution in [1.29, 1.82) is 0 Å². The normalized spacial score (nSPS) is 13.5. The average Bonchev–Trinajstić information content (AvgIpc) is 2.63. The summed E-state index contributed by atoms with van der Waals surface area (Å²) in [6, 6.07) is 7.96. The van der Waals surface area contributed by atoms with E-state index < -0.39 is 25.4 Å². The van der Waals surface area contributed by atoms with Crippen LogP contribution in [0.15, 0.2) is 0 Å². The van der Waals surface area contributed by atoms with Gasteiger partial charge in [0.15, 0.2) is 16.6 Å². The maximum atomic E-state index is 7.04. The van der Waals surface area contributed by atoms with Crippen molar-refractivity contribution in [3.8, 4) is 0 Å². The van der Waals surface area contributed by atoms with Crippen molar-refractivity contribution in [1.82, 2.24) is 0 Å². The predicted molar refractivity (Wildman–Crippen MR) is 122 cm³/mol. The molecular weight excluding hydrogens is 463 g/mol. The Kier molecular flexibility index (Phi) is 13.3. The van der Waals surface area contributed by atoms with Crippen LogP contribution in [0.2, 0.25) is 42.3 Å². The van der Waals surface area contributed by atoms with Gasteiger partial charge in [0, 0.05) is 12.7 Å². The molecule has 0 aromatic carbocycles. The highest BCUT2D eigenvalue weighted by Gasteiger charge is 2.51. The number of hydrogen-bond donors (Lipinski definition) is 0. The van der Waals surface area contributed by atoms with E-state index in [1.165, 1.54) is 0 Å².